The van der Waals surface area contributed by atoms with E-state index in [0.29, 0.717) is 12.5 Å². The largest absolute Gasteiger partial charge is 0.489 e. The molecule has 4 aromatic carbocycles. The second kappa shape index (κ2) is 8.29. The molecule has 5 rings (SSSR count). The standard InChI is InChI=1S/C27H23NOS/c1-19(21-11-14-23(15-12-21)29-18-20-7-3-2-4-8-20)22-13-16-27-25(17-22)28-24-9-5-6-10-26(24)30-27/h2-17,19,28H,18H2,1H3. The lowest BCUT2D eigenvalue weighted by molar-refractivity contribution is 0.306. The van der Waals surface area contributed by atoms with Gasteiger partial charge in [-0.05, 0) is 53.1 Å². The molecule has 0 fully saturated rings. The van der Waals surface area contributed by atoms with E-state index >= 15 is 0 Å². The van der Waals surface area contributed by atoms with Gasteiger partial charge in [-0.3, -0.25) is 0 Å². The number of hydrogen-bond donors (Lipinski definition) is 1. The molecular formula is C27H23NOS. The number of rotatable bonds is 5. The van der Waals surface area contributed by atoms with Crippen molar-refractivity contribution in [1.29, 1.82) is 0 Å². The summed E-state index contributed by atoms with van der Waals surface area (Å²) in [7, 11) is 0. The van der Waals surface area contributed by atoms with Crippen molar-refractivity contribution in [2.75, 3.05) is 5.32 Å². The number of para-hydroxylation sites is 1. The summed E-state index contributed by atoms with van der Waals surface area (Å²) in [6.07, 6.45) is 0. The minimum Gasteiger partial charge on any atom is -0.489 e. The maximum absolute atomic E-state index is 5.93. The Morgan fingerprint density at radius 3 is 2.27 bits per heavy atom. The van der Waals surface area contributed by atoms with Crippen LogP contribution in [0.2, 0.25) is 0 Å². The third kappa shape index (κ3) is 3.94. The Kier molecular flexibility index (Phi) is 5.20. The van der Waals surface area contributed by atoms with Crippen molar-refractivity contribution in [3.8, 4) is 5.75 Å². The molecule has 148 valence electrons. The Hall–Kier alpha value is -3.17. The third-order valence-corrected chi connectivity index (χ3v) is 6.66. The fourth-order valence-electron chi connectivity index (χ4n) is 3.71. The number of fused-ring (bicyclic) bond motifs is 2. The van der Waals surface area contributed by atoms with Gasteiger partial charge in [0.1, 0.15) is 12.4 Å². The van der Waals surface area contributed by atoms with E-state index in [2.05, 4.69) is 91.1 Å². The Morgan fingerprint density at radius 1 is 0.733 bits per heavy atom. The Balaban J connectivity index is 1.30. The van der Waals surface area contributed by atoms with E-state index in [4.69, 9.17) is 4.74 Å². The molecule has 0 saturated carbocycles. The number of nitrogens with one attached hydrogen (secondary N) is 1. The maximum atomic E-state index is 5.93. The van der Waals surface area contributed by atoms with Gasteiger partial charge in [-0.25, -0.2) is 0 Å². The Morgan fingerprint density at radius 2 is 1.43 bits per heavy atom. The summed E-state index contributed by atoms with van der Waals surface area (Å²) in [6, 6.07) is 33.9. The van der Waals surface area contributed by atoms with Crippen molar-refractivity contribution < 1.29 is 4.74 Å². The van der Waals surface area contributed by atoms with E-state index in [1.807, 2.05) is 30.0 Å². The summed E-state index contributed by atoms with van der Waals surface area (Å²) < 4.78 is 5.93. The molecular weight excluding hydrogens is 386 g/mol. The zero-order valence-electron chi connectivity index (χ0n) is 16.8. The van der Waals surface area contributed by atoms with Crippen LogP contribution in [-0.2, 0) is 6.61 Å². The number of anilines is 2. The average Bonchev–Trinajstić information content (AvgIpc) is 2.81. The van der Waals surface area contributed by atoms with Gasteiger partial charge < -0.3 is 10.1 Å². The molecule has 1 aliphatic heterocycles. The summed E-state index contributed by atoms with van der Waals surface area (Å²) in [6.45, 7) is 2.84. The van der Waals surface area contributed by atoms with Gasteiger partial charge in [0.2, 0.25) is 0 Å². The van der Waals surface area contributed by atoms with Crippen LogP contribution in [0.1, 0.15) is 29.5 Å². The second-order valence-electron chi connectivity index (χ2n) is 7.54. The molecule has 0 radical (unpaired) electrons. The summed E-state index contributed by atoms with van der Waals surface area (Å²) >= 11 is 1.83. The van der Waals surface area contributed by atoms with Crippen LogP contribution in [0, 0.1) is 0 Å². The zero-order valence-corrected chi connectivity index (χ0v) is 17.7. The minimum atomic E-state index is 0.308. The fourth-order valence-corrected chi connectivity index (χ4v) is 4.68. The topological polar surface area (TPSA) is 21.3 Å². The van der Waals surface area contributed by atoms with Crippen LogP contribution in [0.5, 0.6) is 5.75 Å². The first kappa shape index (κ1) is 18.8. The fraction of sp³-hybridized carbons (Fsp3) is 0.111. The quantitative estimate of drug-likeness (QED) is 0.322. The van der Waals surface area contributed by atoms with Crippen molar-refractivity contribution in [3.63, 3.8) is 0 Å². The predicted octanol–water partition coefficient (Wildman–Crippen LogP) is 7.63. The molecule has 0 amide bonds. The van der Waals surface area contributed by atoms with E-state index in [1.165, 1.54) is 37.9 Å². The molecule has 2 nitrogen and oxygen atoms in total. The van der Waals surface area contributed by atoms with Crippen molar-refractivity contribution in [2.24, 2.45) is 0 Å². The third-order valence-electron chi connectivity index (χ3n) is 5.51. The van der Waals surface area contributed by atoms with Crippen LogP contribution in [0.15, 0.2) is 107 Å². The highest BCUT2D eigenvalue weighted by Gasteiger charge is 2.17. The van der Waals surface area contributed by atoms with Crippen LogP contribution in [0.25, 0.3) is 0 Å². The lowest BCUT2D eigenvalue weighted by Gasteiger charge is -2.22. The van der Waals surface area contributed by atoms with Crippen molar-refractivity contribution in [2.45, 2.75) is 29.2 Å². The monoisotopic (exact) mass is 409 g/mol. The highest BCUT2D eigenvalue weighted by Crippen LogP contribution is 2.45. The number of benzene rings is 4. The highest BCUT2D eigenvalue weighted by atomic mass is 32.2. The van der Waals surface area contributed by atoms with Crippen LogP contribution in [0.4, 0.5) is 11.4 Å². The second-order valence-corrected chi connectivity index (χ2v) is 8.63. The Bertz CT molecular complexity index is 1160. The summed E-state index contributed by atoms with van der Waals surface area (Å²) in [4.78, 5) is 2.55. The van der Waals surface area contributed by atoms with E-state index < -0.39 is 0 Å². The molecule has 0 aromatic heterocycles. The van der Waals surface area contributed by atoms with Gasteiger partial charge in [-0.2, -0.15) is 0 Å². The zero-order chi connectivity index (χ0) is 20.3. The molecule has 1 aliphatic rings. The summed E-state index contributed by atoms with van der Waals surface area (Å²) in [5.74, 6) is 1.21. The summed E-state index contributed by atoms with van der Waals surface area (Å²) in [5.41, 5.74) is 6.13. The molecule has 1 N–H and O–H groups in total. The first-order valence-electron chi connectivity index (χ1n) is 10.2. The van der Waals surface area contributed by atoms with Crippen molar-refractivity contribution in [1.82, 2.24) is 0 Å². The number of hydrogen-bond acceptors (Lipinski definition) is 3. The van der Waals surface area contributed by atoms with E-state index in [-0.39, 0.29) is 0 Å². The average molecular weight is 410 g/mol. The molecule has 0 bridgehead atoms. The molecule has 30 heavy (non-hydrogen) atoms. The van der Waals surface area contributed by atoms with Crippen LogP contribution in [-0.4, -0.2) is 0 Å². The van der Waals surface area contributed by atoms with Gasteiger partial charge in [0.25, 0.3) is 0 Å². The first-order chi connectivity index (χ1) is 14.8. The van der Waals surface area contributed by atoms with Gasteiger partial charge >= 0.3 is 0 Å². The molecule has 3 heteroatoms. The van der Waals surface area contributed by atoms with Crippen molar-refractivity contribution >= 4 is 23.1 Å². The molecule has 0 aliphatic carbocycles. The summed E-state index contributed by atoms with van der Waals surface area (Å²) in [5, 5.41) is 3.59. The van der Waals surface area contributed by atoms with Gasteiger partial charge in [-0.1, -0.05) is 79.3 Å². The Labute approximate surface area is 181 Å². The molecule has 0 saturated heterocycles. The smallest absolute Gasteiger partial charge is 0.119 e. The molecule has 1 atom stereocenters. The lowest BCUT2D eigenvalue weighted by atomic mass is 9.93. The highest BCUT2D eigenvalue weighted by molar-refractivity contribution is 7.99. The van der Waals surface area contributed by atoms with E-state index in [1.54, 1.807) is 0 Å². The SMILES string of the molecule is CC(c1ccc(OCc2ccccc2)cc1)c1ccc2c(c1)Nc1ccccc1S2. The number of ether oxygens (including phenoxy) is 1. The predicted molar refractivity (Wildman–Crippen MR) is 125 cm³/mol. The van der Waals surface area contributed by atoms with Gasteiger partial charge in [-0.15, -0.1) is 0 Å². The van der Waals surface area contributed by atoms with Gasteiger partial charge in [0.15, 0.2) is 0 Å². The molecule has 1 unspecified atom stereocenters. The van der Waals surface area contributed by atoms with Crippen LogP contribution >= 0.6 is 11.8 Å². The van der Waals surface area contributed by atoms with Crippen LogP contribution in [0.3, 0.4) is 0 Å². The van der Waals surface area contributed by atoms with Gasteiger partial charge in [0, 0.05) is 15.7 Å². The normalized spacial score (nSPS) is 13.0. The van der Waals surface area contributed by atoms with E-state index in [9.17, 15) is 0 Å². The van der Waals surface area contributed by atoms with Crippen molar-refractivity contribution in [3.05, 3.63) is 114 Å². The minimum absolute atomic E-state index is 0.308. The van der Waals surface area contributed by atoms with Gasteiger partial charge in [0.05, 0.1) is 11.4 Å². The van der Waals surface area contributed by atoms with E-state index in [0.717, 1.165) is 5.75 Å². The lowest BCUT2D eigenvalue weighted by Crippen LogP contribution is -2.02. The molecule has 0 spiro atoms. The maximum Gasteiger partial charge on any atom is 0.119 e. The molecule has 1 heterocycles. The molecule has 4 aromatic rings. The first-order valence-corrected chi connectivity index (χ1v) is 11.0. The van der Waals surface area contributed by atoms with Crippen LogP contribution < -0.4 is 10.1 Å².